The molecule has 0 unspecified atom stereocenters. The highest BCUT2D eigenvalue weighted by molar-refractivity contribution is 5.92. The van der Waals surface area contributed by atoms with Gasteiger partial charge in [0, 0.05) is 30.9 Å². The minimum atomic E-state index is 0.221. The number of hydrogen-bond acceptors (Lipinski definition) is 6. The van der Waals surface area contributed by atoms with Crippen LogP contribution >= 0.6 is 0 Å². The van der Waals surface area contributed by atoms with Gasteiger partial charge in [0.15, 0.2) is 0 Å². The fourth-order valence-electron chi connectivity index (χ4n) is 3.12. The lowest BCUT2D eigenvalue weighted by atomic mass is 10.2. The number of aryl methyl sites for hydroxylation is 2. The van der Waals surface area contributed by atoms with Crippen LogP contribution in [0.3, 0.4) is 0 Å². The zero-order valence-corrected chi connectivity index (χ0v) is 16.0. The SMILES string of the molecule is CCn1cc(CNc2cc(-c3ncco3)nc3c(C)nn(C(C)C)c23)cn1. The van der Waals surface area contributed by atoms with Crippen LogP contribution in [0.2, 0.25) is 0 Å². The molecule has 4 rings (SSSR count). The smallest absolute Gasteiger partial charge is 0.245 e. The first-order valence-electron chi connectivity index (χ1n) is 9.11. The normalized spacial score (nSPS) is 11.6. The van der Waals surface area contributed by atoms with Gasteiger partial charge in [-0.3, -0.25) is 9.36 Å². The number of hydrogen-bond donors (Lipinski definition) is 1. The van der Waals surface area contributed by atoms with Crippen LogP contribution in [0.1, 0.15) is 38.1 Å². The summed E-state index contributed by atoms with van der Waals surface area (Å²) in [6.07, 6.45) is 7.11. The largest absolute Gasteiger partial charge is 0.443 e. The Morgan fingerprint density at radius 2 is 2.15 bits per heavy atom. The minimum absolute atomic E-state index is 0.221. The van der Waals surface area contributed by atoms with Crippen molar-refractivity contribution in [1.29, 1.82) is 0 Å². The van der Waals surface area contributed by atoms with Gasteiger partial charge in [-0.15, -0.1) is 0 Å². The number of fused-ring (bicyclic) bond motifs is 1. The third-order valence-corrected chi connectivity index (χ3v) is 4.46. The second-order valence-electron chi connectivity index (χ2n) is 6.77. The molecular weight excluding hydrogens is 342 g/mol. The van der Waals surface area contributed by atoms with Gasteiger partial charge in [0.2, 0.25) is 5.89 Å². The number of anilines is 1. The van der Waals surface area contributed by atoms with Crippen LogP contribution in [0.5, 0.6) is 0 Å². The van der Waals surface area contributed by atoms with Crippen LogP contribution in [0.25, 0.3) is 22.6 Å². The Morgan fingerprint density at radius 3 is 2.81 bits per heavy atom. The molecule has 0 fully saturated rings. The van der Waals surface area contributed by atoms with Crippen molar-refractivity contribution in [2.45, 2.75) is 46.8 Å². The van der Waals surface area contributed by atoms with Gasteiger partial charge in [0.1, 0.15) is 23.0 Å². The molecule has 8 nitrogen and oxygen atoms in total. The van der Waals surface area contributed by atoms with Gasteiger partial charge in [0.05, 0.1) is 23.8 Å². The molecule has 0 aliphatic rings. The number of nitrogens with zero attached hydrogens (tertiary/aromatic N) is 6. The minimum Gasteiger partial charge on any atom is -0.443 e. The molecule has 0 bridgehead atoms. The molecule has 0 saturated carbocycles. The van der Waals surface area contributed by atoms with E-state index in [1.165, 1.54) is 0 Å². The van der Waals surface area contributed by atoms with Crippen LogP contribution in [-0.2, 0) is 13.1 Å². The molecule has 0 atom stereocenters. The van der Waals surface area contributed by atoms with Crippen molar-refractivity contribution < 1.29 is 4.42 Å². The lowest BCUT2D eigenvalue weighted by Gasteiger charge is -2.13. The average Bonchev–Trinajstić information content (AvgIpc) is 3.40. The van der Waals surface area contributed by atoms with Gasteiger partial charge in [0.25, 0.3) is 0 Å². The summed E-state index contributed by atoms with van der Waals surface area (Å²) in [4.78, 5) is 9.00. The quantitative estimate of drug-likeness (QED) is 0.559. The van der Waals surface area contributed by atoms with Gasteiger partial charge < -0.3 is 9.73 Å². The second kappa shape index (κ2) is 6.86. The first kappa shape index (κ1) is 17.3. The molecular formula is C19H23N7O. The van der Waals surface area contributed by atoms with E-state index in [1.54, 1.807) is 12.5 Å². The molecule has 0 saturated heterocycles. The van der Waals surface area contributed by atoms with Crippen LogP contribution in [0, 0.1) is 6.92 Å². The maximum absolute atomic E-state index is 5.46. The van der Waals surface area contributed by atoms with E-state index in [1.807, 2.05) is 34.7 Å². The van der Waals surface area contributed by atoms with E-state index in [0.29, 0.717) is 18.1 Å². The standard InChI is InChI=1S/C19H23N7O/c1-5-25-11-14(10-22-25)9-21-15-8-16(19-20-6-7-27-19)23-17-13(4)24-26(12(2)3)18(15)17/h6-8,10-12H,5,9H2,1-4H3,(H,21,23). The predicted octanol–water partition coefficient (Wildman–Crippen LogP) is 3.80. The van der Waals surface area contributed by atoms with Crippen LogP contribution in [-0.4, -0.2) is 29.5 Å². The van der Waals surface area contributed by atoms with Crippen LogP contribution < -0.4 is 5.32 Å². The molecule has 1 N–H and O–H groups in total. The lowest BCUT2D eigenvalue weighted by Crippen LogP contribution is -2.07. The first-order chi connectivity index (χ1) is 13.1. The van der Waals surface area contributed by atoms with Crippen molar-refractivity contribution in [3.63, 3.8) is 0 Å². The van der Waals surface area contributed by atoms with E-state index in [-0.39, 0.29) is 6.04 Å². The lowest BCUT2D eigenvalue weighted by molar-refractivity contribution is 0.547. The Balaban J connectivity index is 1.79. The van der Waals surface area contributed by atoms with E-state index >= 15 is 0 Å². The summed E-state index contributed by atoms with van der Waals surface area (Å²) in [7, 11) is 0. The van der Waals surface area contributed by atoms with Crippen LogP contribution in [0.15, 0.2) is 35.3 Å². The molecule has 0 aliphatic heterocycles. The highest BCUT2D eigenvalue weighted by atomic mass is 16.3. The highest BCUT2D eigenvalue weighted by Crippen LogP contribution is 2.31. The number of rotatable bonds is 6. The summed E-state index contributed by atoms with van der Waals surface area (Å²) in [6.45, 7) is 9.79. The van der Waals surface area contributed by atoms with E-state index in [2.05, 4.69) is 36.2 Å². The Hall–Kier alpha value is -3.16. The van der Waals surface area contributed by atoms with Gasteiger partial charge >= 0.3 is 0 Å². The molecule has 0 amide bonds. The van der Waals surface area contributed by atoms with Crippen LogP contribution in [0.4, 0.5) is 5.69 Å². The molecule has 0 aliphatic carbocycles. The number of oxazole rings is 1. The molecule has 27 heavy (non-hydrogen) atoms. The Bertz CT molecular complexity index is 1060. The number of pyridine rings is 1. The maximum Gasteiger partial charge on any atom is 0.245 e. The summed E-state index contributed by atoms with van der Waals surface area (Å²) in [5.41, 5.74) is 5.48. The fraction of sp³-hybridized carbons (Fsp3) is 0.368. The third-order valence-electron chi connectivity index (χ3n) is 4.46. The van der Waals surface area contributed by atoms with Crippen molar-refractivity contribution in [3.8, 4) is 11.6 Å². The predicted molar refractivity (Wildman–Crippen MR) is 103 cm³/mol. The van der Waals surface area contributed by atoms with Crippen molar-refractivity contribution in [2.24, 2.45) is 0 Å². The zero-order chi connectivity index (χ0) is 19.0. The monoisotopic (exact) mass is 365 g/mol. The Labute approximate surface area is 157 Å². The van der Waals surface area contributed by atoms with Gasteiger partial charge in [-0.05, 0) is 33.8 Å². The fourth-order valence-corrected chi connectivity index (χ4v) is 3.12. The Morgan fingerprint density at radius 1 is 1.30 bits per heavy atom. The van der Waals surface area contributed by atoms with Gasteiger partial charge in [-0.2, -0.15) is 10.2 Å². The van der Waals surface area contributed by atoms with Crippen molar-refractivity contribution in [2.75, 3.05) is 5.32 Å². The summed E-state index contributed by atoms with van der Waals surface area (Å²) in [5, 5.41) is 12.6. The van der Waals surface area contributed by atoms with Crippen molar-refractivity contribution in [3.05, 3.63) is 42.2 Å². The van der Waals surface area contributed by atoms with Gasteiger partial charge in [-0.1, -0.05) is 0 Å². The van der Waals surface area contributed by atoms with Crippen molar-refractivity contribution >= 4 is 16.7 Å². The molecule has 4 aromatic heterocycles. The van der Waals surface area contributed by atoms with E-state index < -0.39 is 0 Å². The summed E-state index contributed by atoms with van der Waals surface area (Å²) < 4.78 is 9.38. The second-order valence-corrected chi connectivity index (χ2v) is 6.77. The summed E-state index contributed by atoms with van der Waals surface area (Å²) in [6, 6.07) is 2.19. The van der Waals surface area contributed by atoms with Gasteiger partial charge in [-0.25, -0.2) is 9.97 Å². The summed E-state index contributed by atoms with van der Waals surface area (Å²) in [5.74, 6) is 0.496. The molecule has 0 aromatic carbocycles. The zero-order valence-electron chi connectivity index (χ0n) is 16.0. The molecule has 0 radical (unpaired) electrons. The highest BCUT2D eigenvalue weighted by Gasteiger charge is 2.19. The molecule has 140 valence electrons. The molecule has 4 aromatic rings. The Kier molecular flexibility index (Phi) is 4.39. The topological polar surface area (TPSA) is 86.6 Å². The van der Waals surface area contributed by atoms with E-state index in [0.717, 1.165) is 34.5 Å². The number of aromatic nitrogens is 6. The molecule has 8 heteroatoms. The average molecular weight is 365 g/mol. The molecule has 0 spiro atoms. The number of nitrogens with one attached hydrogen (secondary N) is 1. The maximum atomic E-state index is 5.46. The third kappa shape index (κ3) is 3.18. The van der Waals surface area contributed by atoms with Crippen molar-refractivity contribution in [1.82, 2.24) is 29.5 Å². The van der Waals surface area contributed by atoms with E-state index in [4.69, 9.17) is 14.5 Å². The van der Waals surface area contributed by atoms with E-state index in [9.17, 15) is 0 Å². The first-order valence-corrected chi connectivity index (χ1v) is 9.11. The molecule has 4 heterocycles. The summed E-state index contributed by atoms with van der Waals surface area (Å²) >= 11 is 0.